The Kier molecular flexibility index (Phi) is 5.97. The van der Waals surface area contributed by atoms with Crippen molar-refractivity contribution in [3.8, 4) is 22.6 Å². The molecule has 5 rings (SSSR count). The van der Waals surface area contributed by atoms with Gasteiger partial charge in [-0.3, -0.25) is 18.4 Å². The first-order valence-corrected chi connectivity index (χ1v) is 12.6. The molecule has 8 nitrogen and oxygen atoms in total. The monoisotopic (exact) mass is 540 g/mol. The molecule has 3 heterocycles. The minimum Gasteiger partial charge on any atom is -0.489 e. The fourth-order valence-electron chi connectivity index (χ4n) is 4.99. The van der Waals surface area contributed by atoms with Gasteiger partial charge in [-0.05, 0) is 37.6 Å². The van der Waals surface area contributed by atoms with Gasteiger partial charge in [0.1, 0.15) is 17.1 Å². The molecule has 0 saturated heterocycles. The van der Waals surface area contributed by atoms with Gasteiger partial charge in [-0.15, -0.1) is 0 Å². The predicted octanol–water partition coefficient (Wildman–Crippen LogP) is 5.72. The maximum absolute atomic E-state index is 14.4. The number of hydrogen-bond acceptors (Lipinski definition) is 4. The second-order valence-electron chi connectivity index (χ2n) is 11.2. The van der Waals surface area contributed by atoms with Gasteiger partial charge >= 0.3 is 11.9 Å². The van der Waals surface area contributed by atoms with Crippen molar-refractivity contribution >= 4 is 22.1 Å². The average molecular weight is 541 g/mol. The minimum absolute atomic E-state index is 0.0120. The molecule has 0 amide bonds. The van der Waals surface area contributed by atoms with E-state index in [2.05, 4.69) is 5.10 Å². The zero-order chi connectivity index (χ0) is 28.6. The molecule has 0 aliphatic rings. The lowest BCUT2D eigenvalue weighted by Crippen LogP contribution is -2.19. The number of benzene rings is 2. The topological polar surface area (TPSA) is 71.8 Å². The summed E-state index contributed by atoms with van der Waals surface area (Å²) in [6.07, 6.45) is -1.84. The number of ether oxygens (including phenoxy) is 1. The van der Waals surface area contributed by atoms with Gasteiger partial charge in [0.25, 0.3) is 0 Å². The summed E-state index contributed by atoms with van der Waals surface area (Å²) in [6, 6.07) is 6.18. The summed E-state index contributed by atoms with van der Waals surface area (Å²) in [5, 5.41) is 4.07. The molecule has 2 aromatic carbocycles. The number of aromatic nitrogens is 6. The van der Waals surface area contributed by atoms with Crippen molar-refractivity contribution in [3.05, 3.63) is 58.5 Å². The molecule has 11 heteroatoms. The van der Waals surface area contributed by atoms with E-state index in [1.165, 1.54) is 26.1 Å². The van der Waals surface area contributed by atoms with E-state index in [0.29, 0.717) is 44.9 Å². The number of aryl methyl sites for hydroxylation is 3. The van der Waals surface area contributed by atoms with Crippen molar-refractivity contribution in [3.63, 3.8) is 0 Å². The molecular weight excluding hydrogens is 509 g/mol. The molecule has 3 aromatic heterocycles. The minimum atomic E-state index is -4.62. The zero-order valence-electron chi connectivity index (χ0n) is 23.2. The van der Waals surface area contributed by atoms with Crippen molar-refractivity contribution in [2.45, 2.75) is 52.3 Å². The fourth-order valence-corrected chi connectivity index (χ4v) is 4.99. The van der Waals surface area contributed by atoms with Gasteiger partial charge in [-0.1, -0.05) is 20.8 Å². The Bertz CT molecular complexity index is 1790. The van der Waals surface area contributed by atoms with Crippen LogP contribution in [-0.2, 0) is 32.7 Å². The number of rotatable bonds is 4. The van der Waals surface area contributed by atoms with Gasteiger partial charge in [-0.25, -0.2) is 9.78 Å². The Balaban J connectivity index is 1.91. The molecular formula is C28H31F3N6O2. The highest BCUT2D eigenvalue weighted by atomic mass is 19.4. The zero-order valence-corrected chi connectivity index (χ0v) is 23.2. The normalized spacial score (nSPS) is 12.8. The molecule has 0 aliphatic heterocycles. The number of nitrogens with zero attached hydrogens (tertiary/aromatic N) is 6. The van der Waals surface area contributed by atoms with Crippen molar-refractivity contribution < 1.29 is 17.9 Å². The Labute approximate surface area is 223 Å². The van der Waals surface area contributed by atoms with Crippen molar-refractivity contribution in [2.24, 2.45) is 21.1 Å². The summed E-state index contributed by atoms with van der Waals surface area (Å²) in [4.78, 5) is 17.7. The average Bonchev–Trinajstić information content (AvgIpc) is 3.48. The number of hydrogen-bond donors (Lipinski definition) is 0. The van der Waals surface area contributed by atoms with Crippen molar-refractivity contribution in [1.29, 1.82) is 0 Å². The van der Waals surface area contributed by atoms with Gasteiger partial charge in [0.15, 0.2) is 0 Å². The van der Waals surface area contributed by atoms with Crippen LogP contribution in [0, 0.1) is 0 Å². The second kappa shape index (κ2) is 8.75. The lowest BCUT2D eigenvalue weighted by Gasteiger charge is -2.22. The van der Waals surface area contributed by atoms with Crippen LogP contribution in [0.15, 0.2) is 41.5 Å². The lowest BCUT2D eigenvalue weighted by atomic mass is 9.95. The molecule has 206 valence electrons. The van der Waals surface area contributed by atoms with Crippen LogP contribution in [0.25, 0.3) is 38.9 Å². The first-order chi connectivity index (χ1) is 18.1. The summed E-state index contributed by atoms with van der Waals surface area (Å²) in [7, 11) is 4.98. The molecule has 0 radical (unpaired) electrons. The van der Waals surface area contributed by atoms with E-state index in [0.717, 1.165) is 6.07 Å². The summed E-state index contributed by atoms with van der Waals surface area (Å²) in [5.41, 5.74) is 1.30. The third-order valence-electron chi connectivity index (χ3n) is 6.72. The number of fused-ring (bicyclic) bond motifs is 2. The van der Waals surface area contributed by atoms with E-state index in [1.807, 2.05) is 34.6 Å². The maximum atomic E-state index is 14.4. The Morgan fingerprint density at radius 1 is 0.949 bits per heavy atom. The second-order valence-corrected chi connectivity index (χ2v) is 11.2. The summed E-state index contributed by atoms with van der Waals surface area (Å²) >= 11 is 0. The van der Waals surface area contributed by atoms with E-state index in [1.54, 1.807) is 44.0 Å². The maximum Gasteiger partial charge on any atom is 0.417 e. The van der Waals surface area contributed by atoms with E-state index >= 15 is 0 Å². The first-order valence-electron chi connectivity index (χ1n) is 12.6. The number of imidazole rings is 2. The van der Waals surface area contributed by atoms with Crippen LogP contribution in [0.4, 0.5) is 13.2 Å². The van der Waals surface area contributed by atoms with Gasteiger partial charge < -0.3 is 4.74 Å². The first kappa shape index (κ1) is 26.6. The molecule has 0 N–H and O–H groups in total. The third kappa shape index (κ3) is 4.39. The highest BCUT2D eigenvalue weighted by molar-refractivity contribution is 5.89. The van der Waals surface area contributed by atoms with Crippen LogP contribution in [-0.4, -0.2) is 34.6 Å². The SMILES string of the molecule is CC(C)Oc1cc(-n2c(C(C)(C)C)nc3cc(-c4cnn(C)c4)c(C(F)(F)F)cc32)cc2c1n(C)c(=O)n2C. The summed E-state index contributed by atoms with van der Waals surface area (Å²) < 4.78 is 55.7. The highest BCUT2D eigenvalue weighted by Crippen LogP contribution is 2.42. The summed E-state index contributed by atoms with van der Waals surface area (Å²) in [5.74, 6) is 1.03. The molecule has 0 fully saturated rings. The van der Waals surface area contributed by atoms with Crippen LogP contribution in [0.3, 0.4) is 0 Å². The van der Waals surface area contributed by atoms with E-state index in [4.69, 9.17) is 9.72 Å². The van der Waals surface area contributed by atoms with Gasteiger partial charge in [0, 0.05) is 44.4 Å². The number of alkyl halides is 3. The van der Waals surface area contributed by atoms with E-state index in [-0.39, 0.29) is 17.4 Å². The predicted molar refractivity (Wildman–Crippen MR) is 144 cm³/mol. The standard InChI is InChI=1S/C28H31F3N6O2/c1-15(2)39-23-10-17(9-22-24(23)36(8)26(38)35(22)7)37-21-12-19(28(29,30)31)18(16-13-32-34(6)14-16)11-20(21)33-25(37)27(3,4)5/h9-15H,1-8H3. The van der Waals surface area contributed by atoms with E-state index < -0.39 is 17.2 Å². The van der Waals surface area contributed by atoms with Gasteiger partial charge in [0.05, 0.1) is 40.1 Å². The molecule has 0 atom stereocenters. The molecule has 0 spiro atoms. The van der Waals surface area contributed by atoms with Crippen molar-refractivity contribution in [1.82, 2.24) is 28.5 Å². The molecule has 5 aromatic rings. The van der Waals surface area contributed by atoms with Crippen molar-refractivity contribution in [2.75, 3.05) is 0 Å². The molecule has 39 heavy (non-hydrogen) atoms. The quantitative estimate of drug-likeness (QED) is 0.292. The highest BCUT2D eigenvalue weighted by Gasteiger charge is 2.36. The van der Waals surface area contributed by atoms with Crippen LogP contribution < -0.4 is 10.4 Å². The molecule has 0 saturated carbocycles. The van der Waals surface area contributed by atoms with Gasteiger partial charge in [0.2, 0.25) is 0 Å². The summed E-state index contributed by atoms with van der Waals surface area (Å²) in [6.45, 7) is 9.63. The lowest BCUT2D eigenvalue weighted by molar-refractivity contribution is -0.137. The van der Waals surface area contributed by atoms with Crippen LogP contribution in [0.5, 0.6) is 5.75 Å². The fraction of sp³-hybridized carbons (Fsp3) is 0.393. The van der Waals surface area contributed by atoms with Crippen LogP contribution >= 0.6 is 0 Å². The Morgan fingerprint density at radius 2 is 1.64 bits per heavy atom. The van der Waals surface area contributed by atoms with Crippen LogP contribution in [0.1, 0.15) is 46.0 Å². The largest absolute Gasteiger partial charge is 0.489 e. The molecule has 0 unspecified atom stereocenters. The van der Waals surface area contributed by atoms with Gasteiger partial charge in [-0.2, -0.15) is 18.3 Å². The van der Waals surface area contributed by atoms with E-state index in [9.17, 15) is 18.0 Å². The number of halogens is 3. The third-order valence-corrected chi connectivity index (χ3v) is 6.72. The molecule has 0 bridgehead atoms. The van der Waals surface area contributed by atoms with Crippen LogP contribution in [0.2, 0.25) is 0 Å². The smallest absolute Gasteiger partial charge is 0.417 e. The molecule has 0 aliphatic carbocycles. The Morgan fingerprint density at radius 3 is 2.21 bits per heavy atom. The Hall–Kier alpha value is -4.02.